The number of rotatable bonds is 4. The Labute approximate surface area is 148 Å². The van der Waals surface area contributed by atoms with Crippen molar-refractivity contribution in [3.05, 3.63) is 35.4 Å². The molecule has 0 amide bonds. The molecule has 0 saturated carbocycles. The molecule has 5 nitrogen and oxygen atoms in total. The van der Waals surface area contributed by atoms with Gasteiger partial charge in [0.2, 0.25) is 10.0 Å². The molecule has 0 spiro atoms. The zero-order valence-electron chi connectivity index (χ0n) is 13.9. The number of anilines is 1. The van der Waals surface area contributed by atoms with Crippen LogP contribution in [0.2, 0.25) is 5.02 Å². The molecule has 2 aromatic rings. The molecule has 2 heterocycles. The number of halogens is 1. The van der Waals surface area contributed by atoms with E-state index in [0.717, 1.165) is 42.7 Å². The molecular weight excluding hydrogens is 346 g/mol. The van der Waals surface area contributed by atoms with Gasteiger partial charge in [0, 0.05) is 37.1 Å². The van der Waals surface area contributed by atoms with E-state index in [9.17, 15) is 8.42 Å². The van der Waals surface area contributed by atoms with E-state index in [0.29, 0.717) is 17.5 Å². The number of hydrogen-bond donors (Lipinski definition) is 0. The van der Waals surface area contributed by atoms with Crippen LogP contribution in [-0.2, 0) is 10.0 Å². The van der Waals surface area contributed by atoms with Gasteiger partial charge < -0.3 is 4.90 Å². The summed E-state index contributed by atoms with van der Waals surface area (Å²) in [6.07, 6.45) is 3.20. The van der Waals surface area contributed by atoms with Crippen LogP contribution in [0.4, 0.5) is 5.82 Å². The minimum absolute atomic E-state index is 0.403. The van der Waals surface area contributed by atoms with Crippen LogP contribution in [0.3, 0.4) is 0 Å². The monoisotopic (exact) mass is 367 g/mol. The highest BCUT2D eigenvalue weighted by Crippen LogP contribution is 2.25. The third kappa shape index (κ3) is 3.99. The average Bonchev–Trinajstić information content (AvgIpc) is 2.54. The summed E-state index contributed by atoms with van der Waals surface area (Å²) < 4.78 is 24.5. The number of sulfonamides is 1. The Morgan fingerprint density at radius 1 is 1.25 bits per heavy atom. The Hall–Kier alpha value is -1.37. The van der Waals surface area contributed by atoms with Gasteiger partial charge in [-0.15, -0.1) is 0 Å². The lowest BCUT2D eigenvalue weighted by molar-refractivity contribution is 0.328. The summed E-state index contributed by atoms with van der Waals surface area (Å²) in [5, 5.41) is 1.75. The Balaban J connectivity index is 1.65. The molecule has 0 atom stereocenters. The van der Waals surface area contributed by atoms with Gasteiger partial charge in [0.05, 0.1) is 11.8 Å². The third-order valence-corrected chi connectivity index (χ3v) is 6.17. The highest BCUT2D eigenvalue weighted by atomic mass is 35.5. The Morgan fingerprint density at radius 2 is 1.96 bits per heavy atom. The second-order valence-corrected chi connectivity index (χ2v) is 9.01. The predicted octanol–water partition coefficient (Wildman–Crippen LogP) is 3.00. The first-order valence-electron chi connectivity index (χ1n) is 8.05. The van der Waals surface area contributed by atoms with Crippen molar-refractivity contribution in [2.75, 3.05) is 37.8 Å². The minimum atomic E-state index is -3.10. The molecule has 0 bridgehead atoms. The number of benzene rings is 1. The quantitative estimate of drug-likeness (QED) is 0.833. The summed E-state index contributed by atoms with van der Waals surface area (Å²) in [4.78, 5) is 7.00. The molecule has 0 aliphatic carbocycles. The Kier molecular flexibility index (Phi) is 4.99. The molecule has 1 saturated heterocycles. The summed E-state index contributed by atoms with van der Waals surface area (Å²) in [6, 6.07) is 9.79. The SMILES string of the molecule is CN(CC1CCN(c2ccc3cc(Cl)ccc3n2)CC1)S(C)(=O)=O. The molecule has 1 aliphatic rings. The first kappa shape index (κ1) is 17.5. The maximum Gasteiger partial charge on any atom is 0.210 e. The number of fused-ring (bicyclic) bond motifs is 1. The third-order valence-electron chi connectivity index (χ3n) is 4.66. The highest BCUT2D eigenvalue weighted by molar-refractivity contribution is 7.88. The van der Waals surface area contributed by atoms with Gasteiger partial charge in [0.15, 0.2) is 0 Å². The largest absolute Gasteiger partial charge is 0.357 e. The number of pyridine rings is 1. The van der Waals surface area contributed by atoms with Crippen molar-refractivity contribution in [3.8, 4) is 0 Å². The van der Waals surface area contributed by atoms with E-state index in [2.05, 4.69) is 4.90 Å². The number of nitrogens with zero attached hydrogens (tertiary/aromatic N) is 3. The molecule has 0 unspecified atom stereocenters. The maximum absolute atomic E-state index is 11.5. The second kappa shape index (κ2) is 6.86. The van der Waals surface area contributed by atoms with Gasteiger partial charge in [-0.3, -0.25) is 0 Å². The first-order chi connectivity index (χ1) is 11.3. The van der Waals surface area contributed by atoms with Crippen molar-refractivity contribution >= 4 is 38.3 Å². The summed E-state index contributed by atoms with van der Waals surface area (Å²) in [7, 11) is -1.45. The summed E-state index contributed by atoms with van der Waals surface area (Å²) in [6.45, 7) is 2.39. The molecule has 24 heavy (non-hydrogen) atoms. The van der Waals surface area contributed by atoms with Gasteiger partial charge >= 0.3 is 0 Å². The second-order valence-electron chi connectivity index (χ2n) is 6.48. The van der Waals surface area contributed by atoms with Crippen molar-refractivity contribution in [1.82, 2.24) is 9.29 Å². The van der Waals surface area contributed by atoms with Crippen LogP contribution < -0.4 is 4.90 Å². The van der Waals surface area contributed by atoms with Crippen molar-refractivity contribution in [2.24, 2.45) is 5.92 Å². The summed E-state index contributed by atoms with van der Waals surface area (Å²) >= 11 is 6.01. The van der Waals surface area contributed by atoms with Crippen molar-refractivity contribution in [3.63, 3.8) is 0 Å². The van der Waals surface area contributed by atoms with Crippen LogP contribution in [-0.4, -0.2) is 50.6 Å². The topological polar surface area (TPSA) is 53.5 Å². The van der Waals surface area contributed by atoms with E-state index in [1.54, 1.807) is 7.05 Å². The molecule has 1 aromatic carbocycles. The molecule has 7 heteroatoms. The molecular formula is C17H22ClN3O2S. The lowest BCUT2D eigenvalue weighted by Crippen LogP contribution is -2.39. The normalized spacial score (nSPS) is 16.9. The van der Waals surface area contributed by atoms with Gasteiger partial charge in [-0.2, -0.15) is 0 Å². The molecule has 0 N–H and O–H groups in total. The molecule has 0 radical (unpaired) electrons. The zero-order valence-corrected chi connectivity index (χ0v) is 15.5. The van der Waals surface area contributed by atoms with E-state index in [1.807, 2.05) is 30.3 Å². The fourth-order valence-electron chi connectivity index (χ4n) is 3.11. The van der Waals surface area contributed by atoms with E-state index >= 15 is 0 Å². The van der Waals surface area contributed by atoms with Crippen molar-refractivity contribution in [1.29, 1.82) is 0 Å². The smallest absolute Gasteiger partial charge is 0.210 e. The van der Waals surface area contributed by atoms with Crippen LogP contribution in [0.5, 0.6) is 0 Å². The van der Waals surface area contributed by atoms with Crippen LogP contribution in [0.1, 0.15) is 12.8 Å². The molecule has 130 valence electrons. The predicted molar refractivity (Wildman–Crippen MR) is 99.2 cm³/mol. The van der Waals surface area contributed by atoms with Crippen LogP contribution in [0, 0.1) is 5.92 Å². The number of hydrogen-bond acceptors (Lipinski definition) is 4. The number of aromatic nitrogens is 1. The van der Waals surface area contributed by atoms with E-state index < -0.39 is 10.0 Å². The van der Waals surface area contributed by atoms with Crippen molar-refractivity contribution in [2.45, 2.75) is 12.8 Å². The Morgan fingerprint density at radius 3 is 2.62 bits per heavy atom. The summed E-state index contributed by atoms with van der Waals surface area (Å²) in [5.41, 5.74) is 0.941. The first-order valence-corrected chi connectivity index (χ1v) is 10.3. The van der Waals surface area contributed by atoms with Gasteiger partial charge in [0.25, 0.3) is 0 Å². The van der Waals surface area contributed by atoms with Gasteiger partial charge in [0.1, 0.15) is 5.82 Å². The van der Waals surface area contributed by atoms with Crippen molar-refractivity contribution < 1.29 is 8.42 Å². The standard InChI is InChI=1S/C17H22ClN3O2S/c1-20(24(2,22)23)12-13-7-9-21(10-8-13)17-6-3-14-11-15(18)4-5-16(14)19-17/h3-6,11,13H,7-10,12H2,1-2H3. The minimum Gasteiger partial charge on any atom is -0.357 e. The number of piperidine rings is 1. The lowest BCUT2D eigenvalue weighted by Gasteiger charge is -2.34. The fraction of sp³-hybridized carbons (Fsp3) is 0.471. The van der Waals surface area contributed by atoms with E-state index in [-0.39, 0.29) is 0 Å². The Bertz CT molecular complexity index is 833. The van der Waals surface area contributed by atoms with E-state index in [4.69, 9.17) is 16.6 Å². The average molecular weight is 368 g/mol. The van der Waals surface area contributed by atoms with Gasteiger partial charge in [-0.25, -0.2) is 17.7 Å². The van der Waals surface area contributed by atoms with Gasteiger partial charge in [-0.1, -0.05) is 11.6 Å². The van der Waals surface area contributed by atoms with Crippen LogP contribution >= 0.6 is 11.6 Å². The lowest BCUT2D eigenvalue weighted by atomic mass is 9.97. The fourth-order valence-corrected chi connectivity index (χ4v) is 3.77. The van der Waals surface area contributed by atoms with Crippen LogP contribution in [0.25, 0.3) is 10.9 Å². The molecule has 1 fully saturated rings. The van der Waals surface area contributed by atoms with E-state index in [1.165, 1.54) is 10.6 Å². The highest BCUT2D eigenvalue weighted by Gasteiger charge is 2.23. The molecule has 1 aliphatic heterocycles. The maximum atomic E-state index is 11.5. The summed E-state index contributed by atoms with van der Waals surface area (Å²) in [5.74, 6) is 1.37. The molecule has 3 rings (SSSR count). The zero-order chi connectivity index (χ0) is 17.3. The molecule has 1 aromatic heterocycles. The van der Waals surface area contributed by atoms with Crippen LogP contribution in [0.15, 0.2) is 30.3 Å². The van der Waals surface area contributed by atoms with Gasteiger partial charge in [-0.05, 0) is 49.1 Å².